The molecule has 1 amide bonds. The van der Waals surface area contributed by atoms with Crippen molar-refractivity contribution in [2.45, 2.75) is 321 Å². The summed E-state index contributed by atoms with van der Waals surface area (Å²) in [5, 5.41) is 43.8. The molecule has 6 nitrogen and oxygen atoms in total. The average Bonchev–Trinajstić information content (AvgIpc) is 3.28. The van der Waals surface area contributed by atoms with Gasteiger partial charge in [-0.15, -0.1) is 0 Å². The molecule has 4 unspecified atom stereocenters. The van der Waals surface area contributed by atoms with Gasteiger partial charge in [-0.25, -0.2) is 0 Å². The lowest BCUT2D eigenvalue weighted by Gasteiger charge is -2.27. The van der Waals surface area contributed by atoms with Gasteiger partial charge in [-0.05, 0) is 64.2 Å². The minimum absolute atomic E-state index is 0.366. The lowest BCUT2D eigenvalue weighted by molar-refractivity contribution is -0.132. The fraction of sp³-hybridized carbons (Fsp3) is 0.911. The summed E-state index contributed by atoms with van der Waals surface area (Å²) >= 11 is 0. The SMILES string of the molecule is CCCCCCCCCCC/C=C/CCCC(O)C(O)C(CO)NC(=O)C(O)CCCCCCCCCCCCCCCCCC/C=C\CCCCCCCCCCCCCC. The van der Waals surface area contributed by atoms with E-state index in [1.807, 2.05) is 0 Å². The van der Waals surface area contributed by atoms with E-state index in [-0.39, 0.29) is 0 Å². The van der Waals surface area contributed by atoms with Gasteiger partial charge in [-0.1, -0.05) is 256 Å². The van der Waals surface area contributed by atoms with Crippen LogP contribution in [0.15, 0.2) is 24.3 Å². The number of hydrogen-bond donors (Lipinski definition) is 5. The zero-order valence-electron chi connectivity index (χ0n) is 41.6. The van der Waals surface area contributed by atoms with Crippen LogP contribution in [0.2, 0.25) is 0 Å². The standard InChI is InChI=1S/C56H109NO5/c1-3-5-7-9-11-13-15-17-19-20-21-22-23-24-25-26-27-28-29-30-31-32-33-34-35-36-38-40-42-44-46-48-50-54(60)56(62)57-52(51-58)55(61)53(59)49-47-45-43-41-39-37-18-16-14-12-10-8-6-4-2/h24-25,41,43,52-55,58-61H,3-23,26-40,42,44-51H2,1-2H3,(H,57,62)/b25-24-,43-41+. The summed E-state index contributed by atoms with van der Waals surface area (Å²) in [4.78, 5) is 12.6. The third-order valence-electron chi connectivity index (χ3n) is 13.1. The minimum atomic E-state index is -1.28. The van der Waals surface area contributed by atoms with Crippen LogP contribution in [-0.4, -0.2) is 57.3 Å². The molecule has 5 N–H and O–H groups in total. The first-order valence-electron chi connectivity index (χ1n) is 27.7. The second kappa shape index (κ2) is 50.8. The van der Waals surface area contributed by atoms with Gasteiger partial charge in [0, 0.05) is 0 Å². The largest absolute Gasteiger partial charge is 0.394 e. The molecule has 0 saturated carbocycles. The highest BCUT2D eigenvalue weighted by molar-refractivity contribution is 5.80. The van der Waals surface area contributed by atoms with E-state index in [1.165, 1.54) is 231 Å². The summed E-state index contributed by atoms with van der Waals surface area (Å²) in [5.74, 6) is -0.590. The number of allylic oxidation sites excluding steroid dienone is 4. The van der Waals surface area contributed by atoms with Crippen molar-refractivity contribution < 1.29 is 25.2 Å². The van der Waals surface area contributed by atoms with Gasteiger partial charge in [0.1, 0.15) is 12.2 Å². The normalized spacial score (nSPS) is 14.0. The molecule has 4 atom stereocenters. The van der Waals surface area contributed by atoms with Crippen LogP contribution < -0.4 is 5.32 Å². The Morgan fingerprint density at radius 2 is 0.661 bits per heavy atom. The Morgan fingerprint density at radius 1 is 0.387 bits per heavy atom. The number of amides is 1. The molecule has 0 aromatic carbocycles. The molecule has 0 spiro atoms. The van der Waals surface area contributed by atoms with Gasteiger partial charge in [0.05, 0.1) is 18.8 Å². The van der Waals surface area contributed by atoms with Crippen molar-refractivity contribution in [1.29, 1.82) is 0 Å². The molecule has 0 aromatic heterocycles. The van der Waals surface area contributed by atoms with Crippen LogP contribution in [-0.2, 0) is 4.79 Å². The van der Waals surface area contributed by atoms with E-state index in [0.717, 1.165) is 38.5 Å². The van der Waals surface area contributed by atoms with Gasteiger partial charge < -0.3 is 25.7 Å². The third-order valence-corrected chi connectivity index (χ3v) is 13.1. The first-order valence-corrected chi connectivity index (χ1v) is 27.7. The Hall–Kier alpha value is -1.21. The molecule has 0 aliphatic rings. The van der Waals surface area contributed by atoms with Crippen molar-refractivity contribution >= 4 is 5.91 Å². The van der Waals surface area contributed by atoms with Crippen LogP contribution in [0.3, 0.4) is 0 Å². The molecular weight excluding hydrogens is 767 g/mol. The second-order valence-corrected chi connectivity index (χ2v) is 19.3. The zero-order valence-corrected chi connectivity index (χ0v) is 41.6. The number of carbonyl (C=O) groups is 1. The monoisotopic (exact) mass is 876 g/mol. The van der Waals surface area contributed by atoms with E-state index in [9.17, 15) is 25.2 Å². The van der Waals surface area contributed by atoms with Gasteiger partial charge in [0.25, 0.3) is 0 Å². The van der Waals surface area contributed by atoms with Crippen LogP contribution in [0, 0.1) is 0 Å². The van der Waals surface area contributed by atoms with Crippen molar-refractivity contribution in [2.24, 2.45) is 0 Å². The predicted octanol–water partition coefficient (Wildman–Crippen LogP) is 15.9. The number of nitrogens with one attached hydrogen (secondary N) is 1. The van der Waals surface area contributed by atoms with Gasteiger partial charge in [-0.3, -0.25) is 4.79 Å². The molecule has 0 heterocycles. The quantitative estimate of drug-likeness (QED) is 0.0309. The highest BCUT2D eigenvalue weighted by Crippen LogP contribution is 2.17. The number of aliphatic hydroxyl groups excluding tert-OH is 4. The van der Waals surface area contributed by atoms with E-state index in [1.54, 1.807) is 0 Å². The molecular formula is C56H109NO5. The van der Waals surface area contributed by atoms with Crippen molar-refractivity contribution in [3.05, 3.63) is 24.3 Å². The highest BCUT2D eigenvalue weighted by Gasteiger charge is 2.28. The predicted molar refractivity (Wildman–Crippen MR) is 270 cm³/mol. The fourth-order valence-corrected chi connectivity index (χ4v) is 8.75. The van der Waals surface area contributed by atoms with Crippen molar-refractivity contribution in [1.82, 2.24) is 5.32 Å². The molecule has 0 aromatic rings. The smallest absolute Gasteiger partial charge is 0.249 e. The number of rotatable bonds is 51. The average molecular weight is 876 g/mol. The molecule has 0 saturated heterocycles. The Balaban J connectivity index is 3.57. The summed E-state index contributed by atoms with van der Waals surface area (Å²) in [7, 11) is 0. The van der Waals surface area contributed by atoms with Gasteiger partial charge in [0.15, 0.2) is 0 Å². The highest BCUT2D eigenvalue weighted by atomic mass is 16.3. The molecule has 0 aliphatic heterocycles. The molecule has 0 fully saturated rings. The second-order valence-electron chi connectivity index (χ2n) is 19.3. The van der Waals surface area contributed by atoms with E-state index in [0.29, 0.717) is 12.8 Å². The van der Waals surface area contributed by atoms with Crippen LogP contribution in [0.5, 0.6) is 0 Å². The summed E-state index contributed by atoms with van der Waals surface area (Å²) in [6.45, 7) is 4.06. The van der Waals surface area contributed by atoms with Gasteiger partial charge in [0.2, 0.25) is 5.91 Å². The van der Waals surface area contributed by atoms with Crippen LogP contribution in [0.25, 0.3) is 0 Å². The van der Waals surface area contributed by atoms with Crippen molar-refractivity contribution in [3.8, 4) is 0 Å². The molecule has 6 heteroatoms. The Bertz CT molecular complexity index is 939. The number of unbranched alkanes of at least 4 members (excludes halogenated alkanes) is 38. The molecule has 0 radical (unpaired) electrons. The first kappa shape index (κ1) is 60.8. The van der Waals surface area contributed by atoms with Crippen LogP contribution in [0.4, 0.5) is 0 Å². The maximum Gasteiger partial charge on any atom is 0.249 e. The lowest BCUT2D eigenvalue weighted by Crippen LogP contribution is -2.53. The van der Waals surface area contributed by atoms with Gasteiger partial charge >= 0.3 is 0 Å². The molecule has 62 heavy (non-hydrogen) atoms. The van der Waals surface area contributed by atoms with Crippen molar-refractivity contribution in [2.75, 3.05) is 6.61 Å². The van der Waals surface area contributed by atoms with Crippen molar-refractivity contribution in [3.63, 3.8) is 0 Å². The molecule has 0 bridgehead atoms. The van der Waals surface area contributed by atoms with E-state index in [4.69, 9.17) is 0 Å². The lowest BCUT2D eigenvalue weighted by atomic mass is 10.00. The minimum Gasteiger partial charge on any atom is -0.394 e. The van der Waals surface area contributed by atoms with Crippen LogP contribution >= 0.6 is 0 Å². The summed E-state index contributed by atoms with van der Waals surface area (Å²) < 4.78 is 0. The summed E-state index contributed by atoms with van der Waals surface area (Å²) in [6, 6.07) is -0.999. The maximum absolute atomic E-state index is 12.6. The Kier molecular flexibility index (Phi) is 49.8. The zero-order chi connectivity index (χ0) is 45.2. The summed E-state index contributed by atoms with van der Waals surface area (Å²) in [5.41, 5.74) is 0. The molecule has 0 aliphatic carbocycles. The fourth-order valence-electron chi connectivity index (χ4n) is 8.75. The number of carbonyl (C=O) groups excluding carboxylic acids is 1. The molecule has 368 valence electrons. The van der Waals surface area contributed by atoms with E-state index < -0.39 is 36.9 Å². The third kappa shape index (κ3) is 44.0. The van der Waals surface area contributed by atoms with E-state index >= 15 is 0 Å². The topological polar surface area (TPSA) is 110 Å². The first-order chi connectivity index (χ1) is 30.5. The number of hydrogen-bond acceptors (Lipinski definition) is 5. The molecule has 0 rings (SSSR count). The van der Waals surface area contributed by atoms with E-state index in [2.05, 4.69) is 43.5 Å². The summed E-state index contributed by atoms with van der Waals surface area (Å²) in [6.07, 6.45) is 61.2. The van der Waals surface area contributed by atoms with Crippen LogP contribution in [0.1, 0.15) is 296 Å². The maximum atomic E-state index is 12.6. The Labute approximate surface area is 386 Å². The Morgan fingerprint density at radius 3 is 0.968 bits per heavy atom. The van der Waals surface area contributed by atoms with Gasteiger partial charge in [-0.2, -0.15) is 0 Å². The number of aliphatic hydroxyl groups is 4.